The Labute approximate surface area is 76.1 Å². The van der Waals surface area contributed by atoms with Crippen LogP contribution in [0.25, 0.3) is 6.08 Å². The molecule has 2 nitrogen and oxygen atoms in total. The van der Waals surface area contributed by atoms with Gasteiger partial charge in [-0.15, -0.1) is 0 Å². The van der Waals surface area contributed by atoms with Crippen LogP contribution in [0.2, 0.25) is 5.02 Å². The highest BCUT2D eigenvalue weighted by atomic mass is 35.5. The van der Waals surface area contributed by atoms with E-state index in [1.54, 1.807) is 12.3 Å². The molecule has 0 aliphatic rings. The largest absolute Gasteiger partial charge is 0.243 e. The first-order chi connectivity index (χ1) is 5.77. The molecular formula is C9H7ClN2. The van der Waals surface area contributed by atoms with Gasteiger partial charge in [-0.1, -0.05) is 23.8 Å². The summed E-state index contributed by atoms with van der Waals surface area (Å²) in [4.78, 5) is 3.87. The molecule has 0 atom stereocenters. The van der Waals surface area contributed by atoms with Gasteiger partial charge < -0.3 is 0 Å². The average molecular weight is 179 g/mol. The Balaban J connectivity index is 3.12. The van der Waals surface area contributed by atoms with Crippen LogP contribution in [0, 0.1) is 11.3 Å². The number of pyridine rings is 1. The van der Waals surface area contributed by atoms with E-state index in [0.717, 1.165) is 5.56 Å². The van der Waals surface area contributed by atoms with E-state index in [1.807, 2.05) is 25.1 Å². The van der Waals surface area contributed by atoms with Gasteiger partial charge in [0.15, 0.2) is 5.69 Å². The van der Waals surface area contributed by atoms with Crippen molar-refractivity contribution in [1.82, 2.24) is 4.98 Å². The van der Waals surface area contributed by atoms with Crippen LogP contribution in [0.4, 0.5) is 0 Å². The third kappa shape index (κ3) is 1.84. The molecule has 60 valence electrons. The minimum absolute atomic E-state index is 0.268. The lowest BCUT2D eigenvalue weighted by Crippen LogP contribution is -1.84. The number of hydrogen-bond donors (Lipinski definition) is 0. The van der Waals surface area contributed by atoms with Gasteiger partial charge in [0.05, 0.1) is 5.02 Å². The van der Waals surface area contributed by atoms with Gasteiger partial charge in [-0.3, -0.25) is 0 Å². The van der Waals surface area contributed by atoms with Crippen molar-refractivity contribution in [2.45, 2.75) is 6.92 Å². The van der Waals surface area contributed by atoms with Crippen molar-refractivity contribution in [1.29, 1.82) is 5.26 Å². The number of allylic oxidation sites excluding steroid dienone is 1. The summed E-state index contributed by atoms with van der Waals surface area (Å²) in [6, 6.07) is 3.61. The summed E-state index contributed by atoms with van der Waals surface area (Å²) in [6.45, 7) is 1.91. The molecule has 0 bridgehead atoms. The lowest BCUT2D eigenvalue weighted by molar-refractivity contribution is 1.25. The normalized spacial score (nSPS) is 10.1. The minimum atomic E-state index is 0.268. The van der Waals surface area contributed by atoms with E-state index in [9.17, 15) is 0 Å². The van der Waals surface area contributed by atoms with Crippen LogP contribution in [0.5, 0.6) is 0 Å². The summed E-state index contributed by atoms with van der Waals surface area (Å²) in [5, 5.41) is 8.92. The number of aromatic nitrogens is 1. The van der Waals surface area contributed by atoms with Crippen molar-refractivity contribution < 1.29 is 0 Å². The Morgan fingerprint density at radius 1 is 1.67 bits per heavy atom. The van der Waals surface area contributed by atoms with Gasteiger partial charge in [-0.2, -0.15) is 5.26 Å². The predicted octanol–water partition coefficient (Wildman–Crippen LogP) is 2.64. The van der Waals surface area contributed by atoms with Gasteiger partial charge in [-0.05, 0) is 18.6 Å². The van der Waals surface area contributed by atoms with Crippen LogP contribution in [0.15, 0.2) is 18.3 Å². The zero-order chi connectivity index (χ0) is 8.97. The minimum Gasteiger partial charge on any atom is -0.243 e. The van der Waals surface area contributed by atoms with E-state index in [-0.39, 0.29) is 5.69 Å². The van der Waals surface area contributed by atoms with Gasteiger partial charge in [0, 0.05) is 6.20 Å². The molecule has 0 saturated carbocycles. The van der Waals surface area contributed by atoms with Crippen LogP contribution < -0.4 is 0 Å². The topological polar surface area (TPSA) is 36.7 Å². The Morgan fingerprint density at radius 3 is 2.92 bits per heavy atom. The number of halogens is 1. The molecule has 1 heterocycles. The molecule has 0 fully saturated rings. The summed E-state index contributed by atoms with van der Waals surface area (Å²) in [7, 11) is 0. The fourth-order valence-electron chi connectivity index (χ4n) is 0.819. The first kappa shape index (κ1) is 8.76. The molecule has 12 heavy (non-hydrogen) atoms. The second-order valence-electron chi connectivity index (χ2n) is 2.21. The van der Waals surface area contributed by atoms with E-state index >= 15 is 0 Å². The third-order valence-corrected chi connectivity index (χ3v) is 1.62. The molecule has 0 amide bonds. The Hall–Kier alpha value is -1.33. The number of nitrogens with zero attached hydrogens (tertiary/aromatic N) is 2. The van der Waals surface area contributed by atoms with Crippen molar-refractivity contribution in [2.75, 3.05) is 0 Å². The number of rotatable bonds is 1. The molecule has 0 spiro atoms. The lowest BCUT2D eigenvalue weighted by atomic mass is 10.2. The summed E-state index contributed by atoms with van der Waals surface area (Å²) >= 11 is 5.75. The van der Waals surface area contributed by atoms with Gasteiger partial charge in [-0.25, -0.2) is 4.98 Å². The summed E-state index contributed by atoms with van der Waals surface area (Å²) in [5.74, 6) is 0. The first-order valence-electron chi connectivity index (χ1n) is 3.46. The van der Waals surface area contributed by atoms with E-state index in [0.29, 0.717) is 5.02 Å². The summed E-state index contributed by atoms with van der Waals surface area (Å²) in [6.07, 6.45) is 5.38. The lowest BCUT2D eigenvalue weighted by Gasteiger charge is -1.95. The number of hydrogen-bond acceptors (Lipinski definition) is 2. The first-order valence-corrected chi connectivity index (χ1v) is 3.84. The van der Waals surface area contributed by atoms with E-state index < -0.39 is 0 Å². The average Bonchev–Trinajstić information content (AvgIpc) is 2.05. The van der Waals surface area contributed by atoms with Crippen LogP contribution >= 0.6 is 11.6 Å². The maximum Gasteiger partial charge on any atom is 0.159 e. The fraction of sp³-hybridized carbons (Fsp3) is 0.111. The van der Waals surface area contributed by atoms with E-state index in [4.69, 9.17) is 16.9 Å². The predicted molar refractivity (Wildman–Crippen MR) is 48.7 cm³/mol. The highest BCUT2D eigenvalue weighted by molar-refractivity contribution is 6.31. The highest BCUT2D eigenvalue weighted by Gasteiger charge is 1.99. The van der Waals surface area contributed by atoms with Crippen molar-refractivity contribution in [3.05, 3.63) is 34.6 Å². The molecule has 0 N–H and O–H groups in total. The molecule has 1 rings (SSSR count). The molecule has 1 aromatic heterocycles. The van der Waals surface area contributed by atoms with Crippen molar-refractivity contribution in [3.63, 3.8) is 0 Å². The van der Waals surface area contributed by atoms with E-state index in [1.165, 1.54) is 0 Å². The maximum absolute atomic E-state index is 8.52. The second-order valence-corrected chi connectivity index (χ2v) is 2.62. The van der Waals surface area contributed by atoms with Gasteiger partial charge in [0.2, 0.25) is 0 Å². The molecule has 0 saturated heterocycles. The van der Waals surface area contributed by atoms with Crippen molar-refractivity contribution >= 4 is 17.7 Å². The van der Waals surface area contributed by atoms with Gasteiger partial charge in [0.1, 0.15) is 6.07 Å². The monoisotopic (exact) mass is 178 g/mol. The third-order valence-electron chi connectivity index (χ3n) is 1.33. The molecule has 1 aromatic rings. The standard InChI is InChI=1S/C9H7ClN2/c1-2-3-7-4-8(10)9(5-11)12-6-7/h2-4,6H,1H3. The Bertz CT molecular complexity index is 350. The highest BCUT2D eigenvalue weighted by Crippen LogP contribution is 2.14. The smallest absolute Gasteiger partial charge is 0.159 e. The Morgan fingerprint density at radius 2 is 2.42 bits per heavy atom. The second kappa shape index (κ2) is 3.89. The quantitative estimate of drug-likeness (QED) is 0.663. The molecule has 0 aliphatic carbocycles. The van der Waals surface area contributed by atoms with Crippen LogP contribution in [0.1, 0.15) is 18.2 Å². The SMILES string of the molecule is CC=Cc1cnc(C#N)c(Cl)c1. The summed E-state index contributed by atoms with van der Waals surface area (Å²) < 4.78 is 0. The molecule has 3 heteroatoms. The molecule has 0 radical (unpaired) electrons. The molecule has 0 unspecified atom stereocenters. The molecule has 0 aromatic carbocycles. The maximum atomic E-state index is 8.52. The van der Waals surface area contributed by atoms with Crippen LogP contribution in [-0.2, 0) is 0 Å². The van der Waals surface area contributed by atoms with Crippen molar-refractivity contribution in [3.8, 4) is 6.07 Å². The molecule has 0 aliphatic heterocycles. The van der Waals surface area contributed by atoms with Gasteiger partial charge >= 0.3 is 0 Å². The van der Waals surface area contributed by atoms with Crippen LogP contribution in [-0.4, -0.2) is 4.98 Å². The van der Waals surface area contributed by atoms with E-state index in [2.05, 4.69) is 4.98 Å². The zero-order valence-corrected chi connectivity index (χ0v) is 7.34. The van der Waals surface area contributed by atoms with Crippen molar-refractivity contribution in [2.24, 2.45) is 0 Å². The fourth-order valence-corrected chi connectivity index (χ4v) is 1.04. The summed E-state index contributed by atoms with van der Waals surface area (Å²) in [5.41, 5.74) is 1.17. The molecular weight excluding hydrogens is 172 g/mol. The Kier molecular flexibility index (Phi) is 2.84. The zero-order valence-electron chi connectivity index (χ0n) is 6.58. The van der Waals surface area contributed by atoms with Gasteiger partial charge in [0.25, 0.3) is 0 Å². The number of nitriles is 1. The van der Waals surface area contributed by atoms with Crippen LogP contribution in [0.3, 0.4) is 0 Å².